The van der Waals surface area contributed by atoms with Crippen LogP contribution in [0.2, 0.25) is 0 Å². The lowest BCUT2D eigenvalue weighted by atomic mass is 9.85. The number of ketones is 1. The highest BCUT2D eigenvalue weighted by atomic mass is 16.1. The zero-order valence-electron chi connectivity index (χ0n) is 12.7. The zero-order valence-corrected chi connectivity index (χ0v) is 12.7. The topological polar surface area (TPSA) is 17.1 Å². The van der Waals surface area contributed by atoms with Crippen molar-refractivity contribution < 1.29 is 4.79 Å². The predicted octanol–water partition coefficient (Wildman–Crippen LogP) is 5.43. The SMILES string of the molecule is CC.CCc1ccc(C(=O)CC2CCCCC2)cc1. The Labute approximate surface area is 118 Å². The van der Waals surface area contributed by atoms with Crippen molar-refractivity contribution in [3.8, 4) is 0 Å². The van der Waals surface area contributed by atoms with Crippen LogP contribution >= 0.6 is 0 Å². The fraction of sp³-hybridized carbons (Fsp3) is 0.611. The number of rotatable bonds is 4. The third-order valence-electron chi connectivity index (χ3n) is 3.88. The summed E-state index contributed by atoms with van der Waals surface area (Å²) in [5.41, 5.74) is 2.20. The summed E-state index contributed by atoms with van der Waals surface area (Å²) in [6, 6.07) is 8.14. The molecule has 0 atom stereocenters. The minimum Gasteiger partial charge on any atom is -0.294 e. The molecule has 0 heterocycles. The lowest BCUT2D eigenvalue weighted by Crippen LogP contribution is -2.12. The molecular weight excluding hydrogens is 232 g/mol. The van der Waals surface area contributed by atoms with E-state index in [4.69, 9.17) is 0 Å². The molecule has 0 N–H and O–H groups in total. The molecule has 106 valence electrons. The maximum absolute atomic E-state index is 12.1. The molecule has 1 heteroatoms. The Bertz CT molecular complexity index is 358. The van der Waals surface area contributed by atoms with Crippen LogP contribution in [0.4, 0.5) is 0 Å². The zero-order chi connectivity index (χ0) is 14.1. The second kappa shape index (κ2) is 8.90. The van der Waals surface area contributed by atoms with Crippen molar-refractivity contribution in [2.45, 2.75) is 65.7 Å². The van der Waals surface area contributed by atoms with Crippen molar-refractivity contribution in [3.05, 3.63) is 35.4 Å². The summed E-state index contributed by atoms with van der Waals surface area (Å²) in [7, 11) is 0. The van der Waals surface area contributed by atoms with Gasteiger partial charge in [-0.2, -0.15) is 0 Å². The minimum absolute atomic E-state index is 0.333. The first kappa shape index (κ1) is 15.9. The van der Waals surface area contributed by atoms with Crippen molar-refractivity contribution in [2.24, 2.45) is 5.92 Å². The molecule has 0 amide bonds. The summed E-state index contributed by atoms with van der Waals surface area (Å²) in [5.74, 6) is 0.974. The molecule has 1 aliphatic carbocycles. The predicted molar refractivity (Wildman–Crippen MR) is 82.7 cm³/mol. The molecule has 1 aromatic rings. The number of hydrogen-bond acceptors (Lipinski definition) is 1. The van der Waals surface area contributed by atoms with Crippen LogP contribution < -0.4 is 0 Å². The fourth-order valence-electron chi connectivity index (χ4n) is 2.70. The van der Waals surface area contributed by atoms with Crippen molar-refractivity contribution in [2.75, 3.05) is 0 Å². The van der Waals surface area contributed by atoms with Crippen LogP contribution in [0, 0.1) is 5.92 Å². The Morgan fingerprint density at radius 3 is 2.16 bits per heavy atom. The van der Waals surface area contributed by atoms with E-state index in [1.807, 2.05) is 26.0 Å². The van der Waals surface area contributed by atoms with Gasteiger partial charge in [-0.3, -0.25) is 4.79 Å². The molecule has 1 aliphatic rings. The van der Waals surface area contributed by atoms with Gasteiger partial charge in [0.2, 0.25) is 0 Å². The minimum atomic E-state index is 0.333. The molecule has 0 saturated heterocycles. The Morgan fingerprint density at radius 1 is 1.05 bits per heavy atom. The van der Waals surface area contributed by atoms with Gasteiger partial charge in [0.1, 0.15) is 0 Å². The molecule has 1 aromatic carbocycles. The van der Waals surface area contributed by atoms with E-state index in [0.29, 0.717) is 11.7 Å². The van der Waals surface area contributed by atoms with E-state index in [-0.39, 0.29) is 0 Å². The summed E-state index contributed by atoms with van der Waals surface area (Å²) in [6.45, 7) is 6.14. The summed E-state index contributed by atoms with van der Waals surface area (Å²) >= 11 is 0. The van der Waals surface area contributed by atoms with Gasteiger partial charge in [-0.05, 0) is 17.9 Å². The van der Waals surface area contributed by atoms with Gasteiger partial charge in [0, 0.05) is 12.0 Å². The maximum Gasteiger partial charge on any atom is 0.163 e. The molecule has 0 aromatic heterocycles. The van der Waals surface area contributed by atoms with E-state index < -0.39 is 0 Å². The first-order chi connectivity index (χ1) is 9.29. The Morgan fingerprint density at radius 2 is 1.63 bits per heavy atom. The number of benzene rings is 1. The smallest absolute Gasteiger partial charge is 0.163 e. The van der Waals surface area contributed by atoms with Crippen molar-refractivity contribution in [3.63, 3.8) is 0 Å². The van der Waals surface area contributed by atoms with E-state index in [2.05, 4.69) is 19.1 Å². The molecule has 2 rings (SSSR count). The number of Topliss-reactive ketones (excluding diaryl/α,β-unsaturated/α-hetero) is 1. The molecule has 19 heavy (non-hydrogen) atoms. The molecule has 0 bridgehead atoms. The van der Waals surface area contributed by atoms with Gasteiger partial charge in [-0.15, -0.1) is 0 Å². The quantitative estimate of drug-likeness (QED) is 0.660. The molecule has 0 aliphatic heterocycles. The number of carbonyl (C=O) groups is 1. The van der Waals surface area contributed by atoms with Gasteiger partial charge in [0.15, 0.2) is 5.78 Å². The summed E-state index contributed by atoms with van der Waals surface area (Å²) < 4.78 is 0. The van der Waals surface area contributed by atoms with Gasteiger partial charge in [-0.25, -0.2) is 0 Å². The molecule has 1 saturated carbocycles. The van der Waals surface area contributed by atoms with E-state index in [9.17, 15) is 4.79 Å². The summed E-state index contributed by atoms with van der Waals surface area (Å²) in [6.07, 6.45) is 8.27. The normalized spacial score (nSPS) is 15.5. The highest BCUT2D eigenvalue weighted by Gasteiger charge is 2.17. The van der Waals surface area contributed by atoms with Crippen LogP contribution in [-0.4, -0.2) is 5.78 Å². The molecular formula is C18H28O. The van der Waals surface area contributed by atoms with Gasteiger partial charge in [0.05, 0.1) is 0 Å². The second-order valence-corrected chi connectivity index (χ2v) is 5.18. The van der Waals surface area contributed by atoms with Gasteiger partial charge >= 0.3 is 0 Å². The molecule has 1 nitrogen and oxygen atoms in total. The number of carbonyl (C=O) groups excluding carboxylic acids is 1. The Hall–Kier alpha value is -1.11. The third kappa shape index (κ3) is 5.18. The van der Waals surface area contributed by atoms with E-state index in [1.165, 1.54) is 37.7 Å². The first-order valence-electron chi connectivity index (χ1n) is 7.91. The molecule has 0 unspecified atom stereocenters. The van der Waals surface area contributed by atoms with Crippen LogP contribution in [0.25, 0.3) is 0 Å². The van der Waals surface area contributed by atoms with Crippen molar-refractivity contribution in [1.29, 1.82) is 0 Å². The van der Waals surface area contributed by atoms with Crippen LogP contribution in [0.15, 0.2) is 24.3 Å². The summed E-state index contributed by atoms with van der Waals surface area (Å²) in [4.78, 5) is 12.1. The molecule has 0 radical (unpaired) electrons. The van der Waals surface area contributed by atoms with E-state index in [0.717, 1.165) is 18.4 Å². The average Bonchev–Trinajstić information content (AvgIpc) is 2.50. The highest BCUT2D eigenvalue weighted by Crippen LogP contribution is 2.27. The van der Waals surface area contributed by atoms with Crippen molar-refractivity contribution in [1.82, 2.24) is 0 Å². The second-order valence-electron chi connectivity index (χ2n) is 5.18. The largest absolute Gasteiger partial charge is 0.294 e. The fourth-order valence-corrected chi connectivity index (χ4v) is 2.70. The average molecular weight is 260 g/mol. The number of hydrogen-bond donors (Lipinski definition) is 0. The van der Waals surface area contributed by atoms with Crippen LogP contribution in [-0.2, 0) is 6.42 Å². The Balaban J connectivity index is 0.000000861. The maximum atomic E-state index is 12.1. The van der Waals surface area contributed by atoms with Crippen LogP contribution in [0.5, 0.6) is 0 Å². The van der Waals surface area contributed by atoms with Gasteiger partial charge in [0.25, 0.3) is 0 Å². The van der Waals surface area contributed by atoms with Gasteiger partial charge in [-0.1, -0.05) is 77.1 Å². The van der Waals surface area contributed by atoms with E-state index in [1.54, 1.807) is 0 Å². The number of aryl methyl sites for hydroxylation is 1. The molecule has 1 fully saturated rings. The first-order valence-corrected chi connectivity index (χ1v) is 7.91. The van der Waals surface area contributed by atoms with Gasteiger partial charge < -0.3 is 0 Å². The van der Waals surface area contributed by atoms with E-state index >= 15 is 0 Å². The van der Waals surface area contributed by atoms with Crippen molar-refractivity contribution >= 4 is 5.78 Å². The molecule has 0 spiro atoms. The monoisotopic (exact) mass is 260 g/mol. The lowest BCUT2D eigenvalue weighted by Gasteiger charge is -2.20. The highest BCUT2D eigenvalue weighted by molar-refractivity contribution is 5.96. The Kier molecular flexibility index (Phi) is 7.47. The van der Waals surface area contributed by atoms with Crippen LogP contribution in [0.3, 0.4) is 0 Å². The lowest BCUT2D eigenvalue weighted by molar-refractivity contribution is 0.0950. The standard InChI is InChI=1S/C16H22O.C2H6/c1-2-13-8-10-15(11-9-13)16(17)12-14-6-4-3-5-7-14;1-2/h8-11,14H,2-7,12H2,1H3;1-2H3. The van der Waals surface area contributed by atoms with Crippen LogP contribution in [0.1, 0.15) is 75.2 Å². The third-order valence-corrected chi connectivity index (χ3v) is 3.88. The summed E-state index contributed by atoms with van der Waals surface area (Å²) in [5, 5.41) is 0.